The highest BCUT2D eigenvalue weighted by atomic mass is 19.4. The van der Waals surface area contributed by atoms with Gasteiger partial charge < -0.3 is 19.1 Å². The quantitative estimate of drug-likeness (QED) is 0.705. The van der Waals surface area contributed by atoms with Gasteiger partial charge >= 0.3 is 6.36 Å². The molecule has 1 fully saturated rings. The van der Waals surface area contributed by atoms with E-state index in [1.54, 1.807) is 37.3 Å². The zero-order chi connectivity index (χ0) is 21.0. The van der Waals surface area contributed by atoms with Crippen molar-refractivity contribution in [3.8, 4) is 17.2 Å². The second-order valence-corrected chi connectivity index (χ2v) is 6.72. The number of piperidine rings is 1. The molecule has 1 aliphatic rings. The molecule has 1 unspecified atom stereocenters. The fourth-order valence-corrected chi connectivity index (χ4v) is 3.61. The Balaban J connectivity index is 1.77. The molecule has 0 radical (unpaired) electrons. The normalized spacial score (nSPS) is 17.2. The SMILES string of the molecule is COc1cccc(OC)c1C1CCCN(Cc2ccc(OC(F)(F)F)cc2)C1=O. The monoisotopic (exact) mass is 409 g/mol. The van der Waals surface area contributed by atoms with E-state index in [1.807, 2.05) is 0 Å². The number of alkyl halides is 3. The third-order valence-electron chi connectivity index (χ3n) is 4.88. The highest BCUT2D eigenvalue weighted by Gasteiger charge is 2.34. The second-order valence-electron chi connectivity index (χ2n) is 6.72. The first kappa shape index (κ1) is 20.8. The molecule has 1 amide bonds. The van der Waals surface area contributed by atoms with Gasteiger partial charge in [-0.25, -0.2) is 0 Å². The van der Waals surface area contributed by atoms with Gasteiger partial charge in [0.15, 0.2) is 0 Å². The van der Waals surface area contributed by atoms with Crippen LogP contribution in [0.3, 0.4) is 0 Å². The number of halogens is 3. The van der Waals surface area contributed by atoms with Crippen LogP contribution in [0.1, 0.15) is 29.9 Å². The van der Waals surface area contributed by atoms with Crippen LogP contribution in [-0.2, 0) is 11.3 Å². The summed E-state index contributed by atoms with van der Waals surface area (Å²) in [6.45, 7) is 0.882. The molecule has 1 heterocycles. The van der Waals surface area contributed by atoms with Crippen LogP contribution in [0.4, 0.5) is 13.2 Å². The molecule has 0 aromatic heterocycles. The molecule has 0 N–H and O–H groups in total. The summed E-state index contributed by atoms with van der Waals surface area (Å²) in [5.74, 6) is 0.441. The number of hydrogen-bond donors (Lipinski definition) is 0. The number of methoxy groups -OCH3 is 2. The highest BCUT2D eigenvalue weighted by Crippen LogP contribution is 2.40. The zero-order valence-corrected chi connectivity index (χ0v) is 16.2. The predicted molar refractivity (Wildman–Crippen MR) is 100 cm³/mol. The average Bonchev–Trinajstić information content (AvgIpc) is 2.69. The van der Waals surface area contributed by atoms with Crippen molar-refractivity contribution in [1.82, 2.24) is 4.90 Å². The van der Waals surface area contributed by atoms with Crippen LogP contribution in [-0.4, -0.2) is 37.9 Å². The van der Waals surface area contributed by atoms with Crippen LogP contribution in [0, 0.1) is 0 Å². The molecule has 0 aliphatic carbocycles. The van der Waals surface area contributed by atoms with Crippen LogP contribution in [0.2, 0.25) is 0 Å². The number of hydrogen-bond acceptors (Lipinski definition) is 4. The van der Waals surface area contributed by atoms with Gasteiger partial charge in [-0.05, 0) is 42.7 Å². The van der Waals surface area contributed by atoms with E-state index in [9.17, 15) is 18.0 Å². The van der Waals surface area contributed by atoms with Gasteiger partial charge in [-0.3, -0.25) is 4.79 Å². The zero-order valence-electron chi connectivity index (χ0n) is 16.2. The molecule has 2 aromatic rings. The maximum atomic E-state index is 13.2. The first-order chi connectivity index (χ1) is 13.8. The van der Waals surface area contributed by atoms with Gasteiger partial charge in [0, 0.05) is 18.7 Å². The minimum atomic E-state index is -4.73. The number of carbonyl (C=O) groups is 1. The molecule has 0 bridgehead atoms. The number of carbonyl (C=O) groups excluding carboxylic acids is 1. The fraction of sp³-hybridized carbons (Fsp3) is 0.381. The van der Waals surface area contributed by atoms with Gasteiger partial charge in [0.1, 0.15) is 17.2 Å². The van der Waals surface area contributed by atoms with E-state index in [0.29, 0.717) is 31.0 Å². The molecule has 1 atom stereocenters. The maximum absolute atomic E-state index is 13.2. The minimum absolute atomic E-state index is 0.0605. The van der Waals surface area contributed by atoms with E-state index in [-0.39, 0.29) is 11.7 Å². The lowest BCUT2D eigenvalue weighted by Crippen LogP contribution is -2.39. The molecule has 5 nitrogen and oxygen atoms in total. The van der Waals surface area contributed by atoms with Gasteiger partial charge in [-0.15, -0.1) is 13.2 Å². The van der Waals surface area contributed by atoms with Crippen LogP contribution in [0.15, 0.2) is 42.5 Å². The standard InChI is InChI=1S/C21H22F3NO4/c1-27-17-6-3-7-18(28-2)19(17)16-5-4-12-25(20(16)26)13-14-8-10-15(11-9-14)29-21(22,23)24/h3,6-11,16H,4-5,12-13H2,1-2H3. The lowest BCUT2D eigenvalue weighted by atomic mass is 9.88. The molecule has 1 aliphatic heterocycles. The van der Waals surface area contributed by atoms with Gasteiger partial charge in [0.2, 0.25) is 5.91 Å². The summed E-state index contributed by atoms with van der Waals surface area (Å²) in [5, 5.41) is 0. The van der Waals surface area contributed by atoms with Crippen molar-refractivity contribution in [3.63, 3.8) is 0 Å². The summed E-state index contributed by atoms with van der Waals surface area (Å²) in [6.07, 6.45) is -3.26. The van der Waals surface area contributed by atoms with E-state index in [4.69, 9.17) is 9.47 Å². The van der Waals surface area contributed by atoms with Crippen molar-refractivity contribution in [2.45, 2.75) is 31.7 Å². The van der Waals surface area contributed by atoms with Gasteiger partial charge in [-0.2, -0.15) is 0 Å². The summed E-state index contributed by atoms with van der Waals surface area (Å²) in [7, 11) is 3.10. The van der Waals surface area contributed by atoms with E-state index in [1.165, 1.54) is 24.3 Å². The molecular weight excluding hydrogens is 387 g/mol. The number of ether oxygens (including phenoxy) is 3. The summed E-state index contributed by atoms with van der Waals surface area (Å²) >= 11 is 0. The van der Waals surface area contributed by atoms with E-state index < -0.39 is 12.3 Å². The Bertz CT molecular complexity index is 830. The molecule has 0 saturated carbocycles. The Morgan fingerprint density at radius 2 is 1.66 bits per heavy atom. The largest absolute Gasteiger partial charge is 0.573 e. The van der Waals surface area contributed by atoms with Crippen LogP contribution >= 0.6 is 0 Å². The Hall–Kier alpha value is -2.90. The average molecular weight is 409 g/mol. The summed E-state index contributed by atoms with van der Waals surface area (Å²) in [5.41, 5.74) is 1.45. The molecule has 0 spiro atoms. The molecule has 29 heavy (non-hydrogen) atoms. The van der Waals surface area contributed by atoms with Gasteiger partial charge in [0.05, 0.1) is 20.1 Å². The van der Waals surface area contributed by atoms with E-state index in [0.717, 1.165) is 17.5 Å². The fourth-order valence-electron chi connectivity index (χ4n) is 3.61. The molecule has 8 heteroatoms. The molecule has 1 saturated heterocycles. The lowest BCUT2D eigenvalue weighted by Gasteiger charge is -2.33. The third-order valence-corrected chi connectivity index (χ3v) is 4.88. The Labute approximate surface area is 167 Å². The van der Waals surface area contributed by atoms with Crippen LogP contribution in [0.25, 0.3) is 0 Å². The van der Waals surface area contributed by atoms with Crippen molar-refractivity contribution in [2.24, 2.45) is 0 Å². The number of rotatable bonds is 6. The number of nitrogens with zero attached hydrogens (tertiary/aromatic N) is 1. The van der Waals surface area contributed by atoms with Crippen molar-refractivity contribution in [2.75, 3.05) is 20.8 Å². The van der Waals surface area contributed by atoms with Crippen molar-refractivity contribution in [3.05, 3.63) is 53.6 Å². The van der Waals surface area contributed by atoms with Gasteiger partial charge in [0.25, 0.3) is 0 Å². The first-order valence-corrected chi connectivity index (χ1v) is 9.16. The predicted octanol–water partition coefficient (Wildman–Crippen LogP) is 4.51. The van der Waals surface area contributed by atoms with Crippen molar-refractivity contribution >= 4 is 5.91 Å². The Morgan fingerprint density at radius 1 is 1.03 bits per heavy atom. The number of likely N-dealkylation sites (tertiary alicyclic amines) is 1. The molecule has 2 aromatic carbocycles. The van der Waals surface area contributed by atoms with E-state index in [2.05, 4.69) is 4.74 Å². The van der Waals surface area contributed by atoms with Crippen LogP contribution < -0.4 is 14.2 Å². The summed E-state index contributed by atoms with van der Waals surface area (Å²) < 4.78 is 51.7. The van der Waals surface area contributed by atoms with Crippen LogP contribution in [0.5, 0.6) is 17.2 Å². The first-order valence-electron chi connectivity index (χ1n) is 9.16. The van der Waals surface area contributed by atoms with Gasteiger partial charge in [-0.1, -0.05) is 18.2 Å². The Morgan fingerprint density at radius 3 is 2.21 bits per heavy atom. The van der Waals surface area contributed by atoms with Crippen molar-refractivity contribution in [1.29, 1.82) is 0 Å². The molecule has 156 valence electrons. The number of benzene rings is 2. The summed E-state index contributed by atoms with van der Waals surface area (Å²) in [6, 6.07) is 10.9. The lowest BCUT2D eigenvalue weighted by molar-refractivity contribution is -0.274. The molecule has 3 rings (SSSR count). The second kappa shape index (κ2) is 8.63. The minimum Gasteiger partial charge on any atom is -0.496 e. The highest BCUT2D eigenvalue weighted by molar-refractivity contribution is 5.86. The topological polar surface area (TPSA) is 48.0 Å². The van der Waals surface area contributed by atoms with Crippen molar-refractivity contribution < 1.29 is 32.2 Å². The summed E-state index contributed by atoms with van der Waals surface area (Å²) in [4.78, 5) is 14.9. The van der Waals surface area contributed by atoms with E-state index >= 15 is 0 Å². The number of amides is 1. The molecular formula is C21H22F3NO4. The maximum Gasteiger partial charge on any atom is 0.573 e. The Kier molecular flexibility index (Phi) is 6.20. The third kappa shape index (κ3) is 4.93. The smallest absolute Gasteiger partial charge is 0.496 e.